The van der Waals surface area contributed by atoms with E-state index in [1.54, 1.807) is 42.5 Å². The van der Waals surface area contributed by atoms with Gasteiger partial charge in [0, 0.05) is 16.1 Å². The number of rotatable bonds is 5. The maximum absolute atomic E-state index is 11.9. The van der Waals surface area contributed by atoms with Gasteiger partial charge in [-0.1, -0.05) is 35.9 Å². The van der Waals surface area contributed by atoms with Crippen molar-refractivity contribution in [2.45, 2.75) is 0 Å². The average molecular weight is 368 g/mol. The van der Waals surface area contributed by atoms with Crippen LogP contribution in [0.4, 0.5) is 0 Å². The Bertz CT molecular complexity index is 994. The summed E-state index contributed by atoms with van der Waals surface area (Å²) in [5.41, 5.74) is 3.41. The highest BCUT2D eigenvalue weighted by Crippen LogP contribution is 2.22. The van der Waals surface area contributed by atoms with Gasteiger partial charge in [-0.3, -0.25) is 4.79 Å². The number of carbonyl (C=O) groups excluding carboxylic acids is 2. The average Bonchev–Trinajstić information content (AvgIpc) is 3.10. The van der Waals surface area contributed by atoms with E-state index in [-0.39, 0.29) is 5.56 Å². The molecule has 0 atom stereocenters. The SMILES string of the molecule is O=C([O-])c1cccc(-c2ccc(/C=N\NC(=O)c3cccc(Cl)c3)o2)c1. The number of nitrogens with one attached hydrogen (secondary N) is 1. The van der Waals surface area contributed by atoms with Crippen LogP contribution in [0.25, 0.3) is 11.3 Å². The summed E-state index contributed by atoms with van der Waals surface area (Å²) in [5.74, 6) is -0.804. The second-order valence-electron chi connectivity index (χ2n) is 5.28. The number of hydrazone groups is 1. The molecule has 0 spiro atoms. The van der Waals surface area contributed by atoms with Gasteiger partial charge in [0.05, 0.1) is 12.2 Å². The van der Waals surface area contributed by atoms with E-state index in [4.69, 9.17) is 16.0 Å². The maximum Gasteiger partial charge on any atom is 0.271 e. The van der Waals surface area contributed by atoms with Crippen LogP contribution in [0.15, 0.2) is 70.2 Å². The van der Waals surface area contributed by atoms with Crippen molar-refractivity contribution in [3.63, 3.8) is 0 Å². The first-order chi connectivity index (χ1) is 12.5. The van der Waals surface area contributed by atoms with E-state index in [1.807, 2.05) is 0 Å². The molecule has 0 saturated heterocycles. The quantitative estimate of drug-likeness (QED) is 0.554. The molecule has 1 heterocycles. The molecule has 0 bridgehead atoms. The molecule has 130 valence electrons. The molecule has 7 heteroatoms. The lowest BCUT2D eigenvalue weighted by Crippen LogP contribution is -2.22. The summed E-state index contributed by atoms with van der Waals surface area (Å²) in [4.78, 5) is 22.9. The number of carbonyl (C=O) groups is 2. The second-order valence-corrected chi connectivity index (χ2v) is 5.72. The third-order valence-electron chi connectivity index (χ3n) is 3.45. The third-order valence-corrected chi connectivity index (χ3v) is 3.69. The van der Waals surface area contributed by atoms with Crippen molar-refractivity contribution < 1.29 is 19.1 Å². The summed E-state index contributed by atoms with van der Waals surface area (Å²) in [6, 6.07) is 16.0. The zero-order chi connectivity index (χ0) is 18.5. The van der Waals surface area contributed by atoms with Gasteiger partial charge in [-0.05, 0) is 42.0 Å². The van der Waals surface area contributed by atoms with Crippen molar-refractivity contribution in [2.24, 2.45) is 5.10 Å². The van der Waals surface area contributed by atoms with Gasteiger partial charge in [-0.25, -0.2) is 5.43 Å². The van der Waals surface area contributed by atoms with Crippen molar-refractivity contribution in [1.82, 2.24) is 5.43 Å². The number of hydrogen-bond donors (Lipinski definition) is 1. The molecule has 1 aromatic heterocycles. The highest BCUT2D eigenvalue weighted by molar-refractivity contribution is 6.30. The van der Waals surface area contributed by atoms with E-state index in [9.17, 15) is 14.7 Å². The fourth-order valence-electron chi connectivity index (χ4n) is 2.23. The van der Waals surface area contributed by atoms with E-state index < -0.39 is 11.9 Å². The van der Waals surface area contributed by atoms with E-state index >= 15 is 0 Å². The highest BCUT2D eigenvalue weighted by Gasteiger charge is 2.06. The van der Waals surface area contributed by atoms with Crippen LogP contribution in [0.5, 0.6) is 0 Å². The summed E-state index contributed by atoms with van der Waals surface area (Å²) in [7, 11) is 0. The minimum atomic E-state index is -1.26. The highest BCUT2D eigenvalue weighted by atomic mass is 35.5. The molecular weight excluding hydrogens is 356 g/mol. The Morgan fingerprint density at radius 1 is 1.04 bits per heavy atom. The first kappa shape index (κ1) is 17.4. The van der Waals surface area contributed by atoms with Crippen molar-refractivity contribution >= 4 is 29.7 Å². The first-order valence-electron chi connectivity index (χ1n) is 7.53. The van der Waals surface area contributed by atoms with Crippen LogP contribution < -0.4 is 10.5 Å². The number of carboxylic acids is 1. The normalized spacial score (nSPS) is 10.8. The van der Waals surface area contributed by atoms with Gasteiger partial charge in [-0.2, -0.15) is 5.10 Å². The third kappa shape index (κ3) is 4.17. The molecule has 2 aromatic carbocycles. The Balaban J connectivity index is 1.68. The van der Waals surface area contributed by atoms with E-state index in [2.05, 4.69) is 10.5 Å². The van der Waals surface area contributed by atoms with Gasteiger partial charge < -0.3 is 14.3 Å². The number of furan rings is 1. The number of hydrogen-bond acceptors (Lipinski definition) is 5. The molecule has 0 aliphatic heterocycles. The first-order valence-corrected chi connectivity index (χ1v) is 7.91. The molecule has 1 N–H and O–H groups in total. The lowest BCUT2D eigenvalue weighted by atomic mass is 10.1. The lowest BCUT2D eigenvalue weighted by molar-refractivity contribution is -0.255. The molecule has 0 fully saturated rings. The molecule has 3 rings (SSSR count). The molecule has 6 nitrogen and oxygen atoms in total. The van der Waals surface area contributed by atoms with E-state index in [0.29, 0.717) is 27.7 Å². The number of amides is 1. The van der Waals surface area contributed by atoms with Crippen LogP contribution in [0, 0.1) is 0 Å². The van der Waals surface area contributed by atoms with E-state index in [1.165, 1.54) is 24.4 Å². The molecule has 0 aliphatic rings. The summed E-state index contributed by atoms with van der Waals surface area (Å²) >= 11 is 5.84. The smallest absolute Gasteiger partial charge is 0.271 e. The Kier molecular flexibility index (Phi) is 5.15. The Labute approximate surface area is 153 Å². The number of benzene rings is 2. The van der Waals surface area contributed by atoms with Crippen molar-refractivity contribution in [1.29, 1.82) is 0 Å². The monoisotopic (exact) mass is 367 g/mol. The molecule has 0 radical (unpaired) electrons. The second kappa shape index (κ2) is 7.67. The maximum atomic E-state index is 11.9. The Hall–Kier alpha value is -3.38. The minimum absolute atomic E-state index is 0.0582. The van der Waals surface area contributed by atoms with Gasteiger partial charge in [-0.15, -0.1) is 0 Å². The van der Waals surface area contributed by atoms with Crippen LogP contribution >= 0.6 is 11.6 Å². The van der Waals surface area contributed by atoms with Crippen LogP contribution in [0.3, 0.4) is 0 Å². The van der Waals surface area contributed by atoms with Gasteiger partial charge >= 0.3 is 0 Å². The van der Waals surface area contributed by atoms with Crippen LogP contribution in [-0.4, -0.2) is 18.1 Å². The molecule has 1 amide bonds. The Morgan fingerprint density at radius 3 is 2.58 bits per heavy atom. The summed E-state index contributed by atoms with van der Waals surface area (Å²) in [5, 5.41) is 15.2. The standard InChI is InChI=1S/C19H13ClN2O4/c20-15-6-2-4-13(10-15)18(23)22-21-11-16-7-8-17(26-16)12-3-1-5-14(9-12)19(24)25/h1-11H,(H,22,23)(H,24,25)/p-1/b21-11-. The number of aromatic carboxylic acids is 1. The fourth-order valence-corrected chi connectivity index (χ4v) is 2.42. The van der Waals surface area contributed by atoms with Crippen molar-refractivity contribution in [2.75, 3.05) is 0 Å². The summed E-state index contributed by atoms with van der Waals surface area (Å²) in [6.07, 6.45) is 1.34. The van der Waals surface area contributed by atoms with E-state index in [0.717, 1.165) is 0 Å². The molecule has 26 heavy (non-hydrogen) atoms. The van der Waals surface area contributed by atoms with Gasteiger partial charge in [0.2, 0.25) is 0 Å². The topological polar surface area (TPSA) is 94.7 Å². The largest absolute Gasteiger partial charge is 0.545 e. The van der Waals surface area contributed by atoms with Gasteiger partial charge in [0.25, 0.3) is 5.91 Å². The molecule has 0 saturated carbocycles. The summed E-state index contributed by atoms with van der Waals surface area (Å²) in [6.45, 7) is 0. The number of carboxylic acid groups (broad SMARTS) is 1. The fraction of sp³-hybridized carbons (Fsp3) is 0. The molecule has 0 aliphatic carbocycles. The molecule has 0 unspecified atom stereocenters. The van der Waals surface area contributed by atoms with Crippen molar-refractivity contribution in [3.05, 3.63) is 82.6 Å². The number of nitrogens with zero attached hydrogens (tertiary/aromatic N) is 1. The van der Waals surface area contributed by atoms with Gasteiger partial charge in [0.1, 0.15) is 11.5 Å². The minimum Gasteiger partial charge on any atom is -0.545 e. The zero-order valence-electron chi connectivity index (χ0n) is 13.3. The molecular formula is C19H12ClN2O4-. The predicted molar refractivity (Wildman–Crippen MR) is 95.0 cm³/mol. The summed E-state index contributed by atoms with van der Waals surface area (Å²) < 4.78 is 5.58. The van der Waals surface area contributed by atoms with Gasteiger partial charge in [0.15, 0.2) is 0 Å². The predicted octanol–water partition coefficient (Wildman–Crippen LogP) is 2.73. The zero-order valence-corrected chi connectivity index (χ0v) is 14.1. The van der Waals surface area contributed by atoms with Crippen molar-refractivity contribution in [3.8, 4) is 11.3 Å². The van der Waals surface area contributed by atoms with Crippen LogP contribution in [-0.2, 0) is 0 Å². The van der Waals surface area contributed by atoms with Crippen LogP contribution in [0.1, 0.15) is 26.5 Å². The molecule has 3 aromatic rings. The number of halogens is 1. The van der Waals surface area contributed by atoms with Crippen LogP contribution in [0.2, 0.25) is 5.02 Å². The Morgan fingerprint density at radius 2 is 1.81 bits per heavy atom. The lowest BCUT2D eigenvalue weighted by Gasteiger charge is -2.03.